The summed E-state index contributed by atoms with van der Waals surface area (Å²) in [4.78, 5) is 0. The average molecular weight is 303 g/mol. The minimum absolute atomic E-state index is 0.226. The van der Waals surface area contributed by atoms with Crippen molar-refractivity contribution in [3.63, 3.8) is 0 Å². The fourth-order valence-electron chi connectivity index (χ4n) is 3.76. The van der Waals surface area contributed by atoms with Crippen molar-refractivity contribution in [3.8, 4) is 18.2 Å². The Kier molecular flexibility index (Phi) is 4.26. The van der Waals surface area contributed by atoms with Crippen molar-refractivity contribution in [2.75, 3.05) is 5.43 Å². The Morgan fingerprint density at radius 1 is 0.783 bits per heavy atom. The lowest BCUT2D eigenvalue weighted by Gasteiger charge is -2.29. The zero-order valence-corrected chi connectivity index (χ0v) is 12.9. The van der Waals surface area contributed by atoms with E-state index in [-0.39, 0.29) is 5.71 Å². The van der Waals surface area contributed by atoms with Crippen molar-refractivity contribution in [1.29, 1.82) is 15.8 Å². The summed E-state index contributed by atoms with van der Waals surface area (Å²) in [6, 6.07) is 5.83. The second-order valence-corrected chi connectivity index (χ2v) is 5.99. The molecule has 114 valence electrons. The van der Waals surface area contributed by atoms with Crippen LogP contribution in [-0.2, 0) is 25.7 Å². The Bertz CT molecular complexity index is 783. The second-order valence-electron chi connectivity index (χ2n) is 5.99. The van der Waals surface area contributed by atoms with Gasteiger partial charge in [0.15, 0.2) is 0 Å². The fraction of sp³-hybridized carbons (Fsp3) is 0.444. The molecule has 0 saturated heterocycles. The molecule has 0 aliphatic heterocycles. The van der Waals surface area contributed by atoms with Gasteiger partial charge in [-0.25, -0.2) is 0 Å². The van der Waals surface area contributed by atoms with Crippen molar-refractivity contribution < 1.29 is 0 Å². The maximum Gasteiger partial charge on any atom is 0.237 e. The van der Waals surface area contributed by atoms with Gasteiger partial charge in [-0.2, -0.15) is 20.9 Å². The lowest BCUT2D eigenvalue weighted by atomic mass is 9.77. The largest absolute Gasteiger partial charge is 0.275 e. The predicted molar refractivity (Wildman–Crippen MR) is 86.7 cm³/mol. The molecule has 3 rings (SSSR count). The van der Waals surface area contributed by atoms with E-state index < -0.39 is 0 Å². The minimum Gasteiger partial charge on any atom is -0.275 e. The molecule has 5 heteroatoms. The SMILES string of the molecule is N#CC(C#N)=NNc1c(C#N)c2c(c3c1CCCC3)CCCC2. The van der Waals surface area contributed by atoms with E-state index >= 15 is 0 Å². The van der Waals surface area contributed by atoms with Crippen LogP contribution >= 0.6 is 0 Å². The van der Waals surface area contributed by atoms with E-state index in [0.29, 0.717) is 11.3 Å². The van der Waals surface area contributed by atoms with Gasteiger partial charge in [-0.1, -0.05) is 0 Å². The van der Waals surface area contributed by atoms with E-state index in [1.165, 1.54) is 24.0 Å². The van der Waals surface area contributed by atoms with Crippen LogP contribution in [0.4, 0.5) is 5.69 Å². The number of hydrogen-bond acceptors (Lipinski definition) is 5. The van der Waals surface area contributed by atoms with Crippen LogP contribution in [0.25, 0.3) is 0 Å². The monoisotopic (exact) mass is 303 g/mol. The Balaban J connectivity index is 2.18. The van der Waals surface area contributed by atoms with Gasteiger partial charge >= 0.3 is 0 Å². The number of benzene rings is 1. The molecule has 0 amide bonds. The molecule has 0 spiro atoms. The lowest BCUT2D eigenvalue weighted by molar-refractivity contribution is 0.640. The number of nitriles is 3. The standard InChI is InChI=1S/C18H17N5/c19-9-12(10-20)22-23-18-16-8-4-3-6-14(16)13-5-1-2-7-15(13)17(18)11-21/h23H,1-8H2. The molecular weight excluding hydrogens is 286 g/mol. The molecule has 0 saturated carbocycles. The van der Waals surface area contributed by atoms with Gasteiger partial charge in [-0.15, -0.1) is 0 Å². The third-order valence-electron chi connectivity index (χ3n) is 4.76. The Morgan fingerprint density at radius 3 is 1.87 bits per heavy atom. The predicted octanol–water partition coefficient (Wildman–Crippen LogP) is 3.13. The van der Waals surface area contributed by atoms with Gasteiger partial charge in [0.05, 0.1) is 11.3 Å². The number of rotatable bonds is 2. The third-order valence-corrected chi connectivity index (χ3v) is 4.76. The molecule has 0 radical (unpaired) electrons. The molecule has 1 N–H and O–H groups in total. The normalized spacial score (nSPS) is 15.2. The van der Waals surface area contributed by atoms with Crippen molar-refractivity contribution >= 4 is 11.4 Å². The molecule has 1 aromatic carbocycles. The van der Waals surface area contributed by atoms with E-state index in [4.69, 9.17) is 10.5 Å². The van der Waals surface area contributed by atoms with Gasteiger partial charge in [0, 0.05) is 0 Å². The molecule has 5 nitrogen and oxygen atoms in total. The second kappa shape index (κ2) is 6.51. The Labute approximate surface area is 135 Å². The maximum absolute atomic E-state index is 9.69. The van der Waals surface area contributed by atoms with Crippen LogP contribution < -0.4 is 5.43 Å². The van der Waals surface area contributed by atoms with Crippen LogP contribution in [0.15, 0.2) is 5.10 Å². The number of anilines is 1. The highest BCUT2D eigenvalue weighted by molar-refractivity contribution is 6.10. The molecule has 0 bridgehead atoms. The zero-order chi connectivity index (χ0) is 16.2. The highest BCUT2D eigenvalue weighted by Gasteiger charge is 2.26. The molecule has 1 aromatic rings. The van der Waals surface area contributed by atoms with Crippen molar-refractivity contribution in [2.24, 2.45) is 5.10 Å². The first-order valence-corrected chi connectivity index (χ1v) is 8.03. The van der Waals surface area contributed by atoms with Gasteiger partial charge in [-0.3, -0.25) is 5.43 Å². The van der Waals surface area contributed by atoms with Gasteiger partial charge in [0.1, 0.15) is 18.2 Å². The van der Waals surface area contributed by atoms with E-state index in [9.17, 15) is 5.26 Å². The summed E-state index contributed by atoms with van der Waals surface area (Å²) in [5.41, 5.74) is 9.06. The van der Waals surface area contributed by atoms with E-state index in [1.807, 2.05) is 0 Å². The summed E-state index contributed by atoms with van der Waals surface area (Å²) >= 11 is 0. The number of hydrogen-bond donors (Lipinski definition) is 1. The van der Waals surface area contributed by atoms with Crippen LogP contribution in [0.1, 0.15) is 53.5 Å². The molecule has 0 unspecified atom stereocenters. The molecule has 2 aliphatic rings. The van der Waals surface area contributed by atoms with Crippen LogP contribution in [0.3, 0.4) is 0 Å². The Hall–Kier alpha value is -2.84. The first kappa shape index (κ1) is 15.1. The minimum atomic E-state index is -0.226. The zero-order valence-electron chi connectivity index (χ0n) is 12.9. The van der Waals surface area contributed by atoms with E-state index in [0.717, 1.165) is 49.7 Å². The van der Waals surface area contributed by atoms with Crippen LogP contribution in [0.5, 0.6) is 0 Å². The van der Waals surface area contributed by atoms with Gasteiger partial charge in [0.25, 0.3) is 0 Å². The smallest absolute Gasteiger partial charge is 0.237 e. The summed E-state index contributed by atoms with van der Waals surface area (Å²) in [6.07, 6.45) is 8.50. The first-order chi connectivity index (χ1) is 11.3. The third kappa shape index (κ3) is 2.65. The number of nitrogens with zero attached hydrogens (tertiary/aromatic N) is 4. The summed E-state index contributed by atoms with van der Waals surface area (Å²) in [5, 5.41) is 31.3. The van der Waals surface area contributed by atoms with E-state index in [1.54, 1.807) is 12.1 Å². The van der Waals surface area contributed by atoms with Crippen LogP contribution in [-0.4, -0.2) is 5.71 Å². The molecule has 0 fully saturated rings. The van der Waals surface area contributed by atoms with Crippen molar-refractivity contribution in [3.05, 3.63) is 27.8 Å². The van der Waals surface area contributed by atoms with Crippen LogP contribution in [0.2, 0.25) is 0 Å². The van der Waals surface area contributed by atoms with Gasteiger partial charge in [-0.05, 0) is 73.6 Å². The lowest BCUT2D eigenvalue weighted by Crippen LogP contribution is -2.17. The number of hydrazone groups is 1. The van der Waals surface area contributed by atoms with Crippen LogP contribution in [0, 0.1) is 34.0 Å². The fourth-order valence-corrected chi connectivity index (χ4v) is 3.76. The molecular formula is C18H17N5. The molecule has 23 heavy (non-hydrogen) atoms. The van der Waals surface area contributed by atoms with Gasteiger partial charge in [0.2, 0.25) is 5.71 Å². The van der Waals surface area contributed by atoms with Crippen molar-refractivity contribution in [1.82, 2.24) is 0 Å². The molecule has 0 heterocycles. The highest BCUT2D eigenvalue weighted by Crippen LogP contribution is 2.39. The van der Waals surface area contributed by atoms with Gasteiger partial charge < -0.3 is 0 Å². The summed E-state index contributed by atoms with van der Waals surface area (Å²) in [5.74, 6) is 0. The number of fused-ring (bicyclic) bond motifs is 3. The topological polar surface area (TPSA) is 95.8 Å². The maximum atomic E-state index is 9.69. The Morgan fingerprint density at radius 2 is 1.30 bits per heavy atom. The summed E-state index contributed by atoms with van der Waals surface area (Å²) < 4.78 is 0. The number of nitrogens with one attached hydrogen (secondary N) is 1. The molecule has 2 aliphatic carbocycles. The molecule has 0 aromatic heterocycles. The van der Waals surface area contributed by atoms with Crippen molar-refractivity contribution in [2.45, 2.75) is 51.4 Å². The average Bonchev–Trinajstić information content (AvgIpc) is 2.62. The van der Waals surface area contributed by atoms with E-state index in [2.05, 4.69) is 16.6 Å². The quantitative estimate of drug-likeness (QED) is 0.670. The summed E-state index contributed by atoms with van der Waals surface area (Å²) in [6.45, 7) is 0. The first-order valence-electron chi connectivity index (χ1n) is 8.03. The summed E-state index contributed by atoms with van der Waals surface area (Å²) in [7, 11) is 0. The molecule has 0 atom stereocenters. The highest BCUT2D eigenvalue weighted by atomic mass is 15.3.